The largest absolute Gasteiger partial charge is 0.392 e. The molecule has 0 unspecified atom stereocenters. The summed E-state index contributed by atoms with van der Waals surface area (Å²) in [5.41, 5.74) is 3.13. The molecule has 1 heterocycles. The van der Waals surface area contributed by atoms with E-state index in [1.165, 1.54) is 0 Å². The molecule has 14 heavy (non-hydrogen) atoms. The quantitative estimate of drug-likeness (QED) is 0.796. The van der Waals surface area contributed by atoms with Gasteiger partial charge in [-0.05, 0) is 24.5 Å². The zero-order valence-corrected chi connectivity index (χ0v) is 9.28. The molecular weight excluding hydrogens is 176 g/mol. The average molecular weight is 194 g/mol. The van der Waals surface area contributed by atoms with Crippen molar-refractivity contribution >= 4 is 6.08 Å². The van der Waals surface area contributed by atoms with E-state index in [9.17, 15) is 0 Å². The number of aryl methyl sites for hydroxylation is 2. The first-order chi connectivity index (χ1) is 6.54. The van der Waals surface area contributed by atoms with Crippen LogP contribution in [-0.2, 0) is 7.05 Å². The smallest absolute Gasteiger partial charge is 0.0665 e. The minimum absolute atomic E-state index is 0.117. The maximum Gasteiger partial charge on any atom is 0.0665 e. The number of hydrogen-bond acceptors (Lipinski definition) is 2. The lowest BCUT2D eigenvalue weighted by molar-refractivity contribution is 0.320. The average Bonchev–Trinajstić information content (AvgIpc) is 2.40. The highest BCUT2D eigenvalue weighted by atomic mass is 16.3. The van der Waals surface area contributed by atoms with Gasteiger partial charge in [0, 0.05) is 18.8 Å². The van der Waals surface area contributed by atoms with Gasteiger partial charge in [0.25, 0.3) is 0 Å². The first-order valence-electron chi connectivity index (χ1n) is 4.86. The van der Waals surface area contributed by atoms with Gasteiger partial charge in [0.15, 0.2) is 0 Å². The number of aliphatic hydroxyl groups is 1. The Morgan fingerprint density at radius 2 is 2.29 bits per heavy atom. The van der Waals surface area contributed by atoms with Gasteiger partial charge < -0.3 is 5.11 Å². The molecule has 0 saturated heterocycles. The van der Waals surface area contributed by atoms with Crippen molar-refractivity contribution < 1.29 is 5.11 Å². The van der Waals surface area contributed by atoms with Crippen LogP contribution in [0, 0.1) is 12.8 Å². The van der Waals surface area contributed by atoms with E-state index in [1.54, 1.807) is 4.68 Å². The summed E-state index contributed by atoms with van der Waals surface area (Å²) in [7, 11) is 1.90. The van der Waals surface area contributed by atoms with Crippen molar-refractivity contribution in [1.29, 1.82) is 0 Å². The van der Waals surface area contributed by atoms with E-state index < -0.39 is 0 Å². The van der Waals surface area contributed by atoms with E-state index in [-0.39, 0.29) is 6.61 Å². The van der Waals surface area contributed by atoms with Crippen LogP contribution in [0.2, 0.25) is 0 Å². The van der Waals surface area contributed by atoms with Crippen molar-refractivity contribution in [3.8, 4) is 0 Å². The van der Waals surface area contributed by atoms with Gasteiger partial charge in [0.05, 0.1) is 12.3 Å². The third-order valence-corrected chi connectivity index (χ3v) is 2.32. The van der Waals surface area contributed by atoms with E-state index >= 15 is 0 Å². The molecule has 1 aromatic heterocycles. The summed E-state index contributed by atoms with van der Waals surface area (Å²) in [5.74, 6) is 0.375. The SMILES string of the molecule is Cc1nn(C)cc1/C=C(\CO)C(C)C. The molecule has 3 heteroatoms. The summed E-state index contributed by atoms with van der Waals surface area (Å²) in [6, 6.07) is 0. The molecule has 0 aliphatic carbocycles. The predicted molar refractivity (Wildman–Crippen MR) is 57.8 cm³/mol. The highest BCUT2D eigenvalue weighted by Gasteiger charge is 2.05. The molecular formula is C11H18N2O. The summed E-state index contributed by atoms with van der Waals surface area (Å²) in [6.07, 6.45) is 3.99. The van der Waals surface area contributed by atoms with Crippen LogP contribution in [0.5, 0.6) is 0 Å². The van der Waals surface area contributed by atoms with Gasteiger partial charge in [-0.2, -0.15) is 5.10 Å². The topological polar surface area (TPSA) is 38.0 Å². The lowest BCUT2D eigenvalue weighted by atomic mass is 10.0. The van der Waals surface area contributed by atoms with Gasteiger partial charge in [-0.1, -0.05) is 13.8 Å². The van der Waals surface area contributed by atoms with E-state index in [0.717, 1.165) is 16.8 Å². The molecule has 0 spiro atoms. The Balaban J connectivity index is 3.00. The van der Waals surface area contributed by atoms with Crippen LogP contribution >= 0.6 is 0 Å². The zero-order chi connectivity index (χ0) is 10.7. The van der Waals surface area contributed by atoms with Crippen LogP contribution in [0.4, 0.5) is 0 Å². The van der Waals surface area contributed by atoms with Crippen molar-refractivity contribution in [3.63, 3.8) is 0 Å². The normalized spacial score (nSPS) is 12.6. The Morgan fingerprint density at radius 1 is 1.64 bits per heavy atom. The van der Waals surface area contributed by atoms with Gasteiger partial charge in [-0.3, -0.25) is 4.68 Å². The molecule has 0 amide bonds. The van der Waals surface area contributed by atoms with Crippen molar-refractivity contribution in [1.82, 2.24) is 9.78 Å². The minimum Gasteiger partial charge on any atom is -0.392 e. The fourth-order valence-electron chi connectivity index (χ4n) is 1.35. The minimum atomic E-state index is 0.117. The second kappa shape index (κ2) is 4.42. The maximum absolute atomic E-state index is 9.16. The Kier molecular flexibility index (Phi) is 3.47. The number of aliphatic hydroxyl groups excluding tert-OH is 1. The monoisotopic (exact) mass is 194 g/mol. The number of hydrogen-bond donors (Lipinski definition) is 1. The number of nitrogens with zero attached hydrogens (tertiary/aromatic N) is 2. The first kappa shape index (κ1) is 11.0. The Morgan fingerprint density at radius 3 is 2.64 bits per heavy atom. The molecule has 0 atom stereocenters. The summed E-state index contributed by atoms with van der Waals surface area (Å²) in [5, 5.41) is 13.4. The zero-order valence-electron chi connectivity index (χ0n) is 9.28. The van der Waals surface area contributed by atoms with Crippen LogP contribution in [0.15, 0.2) is 11.8 Å². The molecule has 3 nitrogen and oxygen atoms in total. The standard InChI is InChI=1S/C11H18N2O/c1-8(2)11(7-14)5-10-6-13(4)12-9(10)3/h5-6,8,14H,7H2,1-4H3/b11-5+. The van der Waals surface area contributed by atoms with Crippen molar-refractivity contribution in [3.05, 3.63) is 23.0 Å². The van der Waals surface area contributed by atoms with E-state index in [1.807, 2.05) is 26.2 Å². The van der Waals surface area contributed by atoms with Gasteiger partial charge in [0.1, 0.15) is 0 Å². The third-order valence-electron chi connectivity index (χ3n) is 2.32. The van der Waals surface area contributed by atoms with Crippen molar-refractivity contribution in [2.24, 2.45) is 13.0 Å². The van der Waals surface area contributed by atoms with E-state index in [0.29, 0.717) is 5.92 Å². The molecule has 0 saturated carbocycles. The predicted octanol–water partition coefficient (Wildman–Crippen LogP) is 1.76. The Hall–Kier alpha value is -1.09. The lowest BCUT2D eigenvalue weighted by Crippen LogP contribution is -1.98. The highest BCUT2D eigenvalue weighted by molar-refractivity contribution is 5.54. The van der Waals surface area contributed by atoms with Crippen molar-refractivity contribution in [2.75, 3.05) is 6.61 Å². The summed E-state index contributed by atoms with van der Waals surface area (Å²) >= 11 is 0. The van der Waals surface area contributed by atoms with E-state index in [4.69, 9.17) is 5.11 Å². The molecule has 1 rings (SSSR count). The van der Waals surface area contributed by atoms with Crippen LogP contribution < -0.4 is 0 Å². The summed E-state index contributed by atoms with van der Waals surface area (Å²) in [4.78, 5) is 0. The van der Waals surface area contributed by atoms with Gasteiger partial charge in [0.2, 0.25) is 0 Å². The van der Waals surface area contributed by atoms with Crippen LogP contribution in [0.1, 0.15) is 25.1 Å². The first-order valence-corrected chi connectivity index (χ1v) is 4.86. The molecule has 0 aliphatic heterocycles. The van der Waals surface area contributed by atoms with Crippen LogP contribution in [0.25, 0.3) is 6.08 Å². The highest BCUT2D eigenvalue weighted by Crippen LogP contribution is 2.15. The van der Waals surface area contributed by atoms with Crippen molar-refractivity contribution in [2.45, 2.75) is 20.8 Å². The second-order valence-electron chi connectivity index (χ2n) is 3.88. The fraction of sp³-hybridized carbons (Fsp3) is 0.545. The summed E-state index contributed by atoms with van der Waals surface area (Å²) in [6.45, 7) is 6.24. The van der Waals surface area contributed by atoms with Gasteiger partial charge in [-0.15, -0.1) is 0 Å². The van der Waals surface area contributed by atoms with Crippen LogP contribution in [0.3, 0.4) is 0 Å². The molecule has 0 radical (unpaired) electrons. The Labute approximate surface area is 85.1 Å². The van der Waals surface area contributed by atoms with E-state index in [2.05, 4.69) is 18.9 Å². The molecule has 0 fully saturated rings. The third kappa shape index (κ3) is 2.45. The molecule has 0 aromatic carbocycles. The van der Waals surface area contributed by atoms with Gasteiger partial charge in [-0.25, -0.2) is 0 Å². The molecule has 1 aromatic rings. The molecule has 0 bridgehead atoms. The number of rotatable bonds is 3. The van der Waals surface area contributed by atoms with Crippen LogP contribution in [-0.4, -0.2) is 21.5 Å². The molecule has 0 aliphatic rings. The second-order valence-corrected chi connectivity index (χ2v) is 3.88. The maximum atomic E-state index is 9.16. The lowest BCUT2D eigenvalue weighted by Gasteiger charge is -2.06. The molecule has 1 N–H and O–H groups in total. The Bertz CT molecular complexity index is 337. The number of aromatic nitrogens is 2. The van der Waals surface area contributed by atoms with Gasteiger partial charge >= 0.3 is 0 Å². The fourth-order valence-corrected chi connectivity index (χ4v) is 1.35. The summed E-state index contributed by atoms with van der Waals surface area (Å²) < 4.78 is 1.79. The molecule has 78 valence electrons.